The van der Waals surface area contributed by atoms with Crippen LogP contribution in [-0.2, 0) is 16.3 Å². The van der Waals surface area contributed by atoms with Crippen molar-refractivity contribution in [3.8, 4) is 5.75 Å². The lowest BCUT2D eigenvalue weighted by atomic mass is 9.96. The number of para-hydroxylation sites is 1. The molecule has 0 aromatic heterocycles. The van der Waals surface area contributed by atoms with Crippen molar-refractivity contribution in [2.75, 3.05) is 25.2 Å². The molecule has 4 nitrogen and oxygen atoms in total. The molecular formula is C14H23NO3S. The molecule has 1 unspecified atom stereocenters. The van der Waals surface area contributed by atoms with Crippen LogP contribution in [0.3, 0.4) is 0 Å². The lowest BCUT2D eigenvalue weighted by molar-refractivity contribution is 0.403. The molecule has 0 fully saturated rings. The third-order valence-electron chi connectivity index (χ3n) is 3.31. The van der Waals surface area contributed by atoms with E-state index >= 15 is 0 Å². The van der Waals surface area contributed by atoms with Gasteiger partial charge >= 0.3 is 0 Å². The lowest BCUT2D eigenvalue weighted by Crippen LogP contribution is -2.21. The monoisotopic (exact) mass is 285 g/mol. The molecule has 1 aromatic carbocycles. The molecule has 1 atom stereocenters. The Hall–Kier alpha value is -1.07. The van der Waals surface area contributed by atoms with Crippen molar-refractivity contribution in [1.82, 2.24) is 0 Å². The summed E-state index contributed by atoms with van der Waals surface area (Å²) in [6, 6.07) is 7.77. The molecule has 0 saturated heterocycles. The quantitative estimate of drug-likeness (QED) is 0.788. The zero-order valence-electron chi connectivity index (χ0n) is 11.6. The number of hydrogen-bond donors (Lipinski definition) is 1. The minimum atomic E-state index is -2.92. The molecule has 0 aliphatic carbocycles. The summed E-state index contributed by atoms with van der Waals surface area (Å²) in [7, 11) is -1.28. The van der Waals surface area contributed by atoms with Crippen LogP contribution in [0.15, 0.2) is 24.3 Å². The largest absolute Gasteiger partial charge is 0.496 e. The highest BCUT2D eigenvalue weighted by Crippen LogP contribution is 2.22. The summed E-state index contributed by atoms with van der Waals surface area (Å²) in [6.45, 7) is 2.16. The summed E-state index contributed by atoms with van der Waals surface area (Å²) < 4.78 is 28.4. The maximum absolute atomic E-state index is 11.5. The molecule has 5 heteroatoms. The number of ether oxygens (including phenoxy) is 1. The first-order valence-corrected chi connectivity index (χ1v) is 8.37. The van der Waals surface area contributed by atoms with Gasteiger partial charge in [-0.1, -0.05) is 25.1 Å². The Bertz CT molecular complexity index is 485. The van der Waals surface area contributed by atoms with Crippen molar-refractivity contribution in [2.24, 2.45) is 11.7 Å². The summed E-state index contributed by atoms with van der Waals surface area (Å²) in [5, 5.41) is 0. The fourth-order valence-corrected chi connectivity index (χ4v) is 2.96. The van der Waals surface area contributed by atoms with Crippen LogP contribution in [0, 0.1) is 5.92 Å². The zero-order chi connectivity index (χ0) is 14.3. The molecule has 0 aliphatic rings. The molecule has 2 N–H and O–H groups in total. The summed E-state index contributed by atoms with van der Waals surface area (Å²) in [6.07, 6.45) is 1.35. The summed E-state index contributed by atoms with van der Waals surface area (Å²) >= 11 is 0. The van der Waals surface area contributed by atoms with Gasteiger partial charge in [-0.25, -0.2) is 8.42 Å². The maximum Gasteiger partial charge on any atom is 0.150 e. The smallest absolute Gasteiger partial charge is 0.150 e. The topological polar surface area (TPSA) is 69.4 Å². The van der Waals surface area contributed by atoms with Crippen molar-refractivity contribution in [3.05, 3.63) is 29.8 Å². The first kappa shape index (κ1) is 16.0. The molecule has 0 bridgehead atoms. The average Bonchev–Trinajstić information content (AvgIpc) is 2.43. The fraction of sp³-hybridized carbons (Fsp3) is 0.571. The first-order valence-electron chi connectivity index (χ1n) is 6.54. The Labute approximate surface area is 115 Å². The average molecular weight is 285 g/mol. The number of rotatable bonds is 8. The highest BCUT2D eigenvalue weighted by atomic mass is 32.2. The van der Waals surface area contributed by atoms with Crippen molar-refractivity contribution in [1.29, 1.82) is 0 Å². The van der Waals surface area contributed by atoms with Crippen LogP contribution in [0.4, 0.5) is 0 Å². The van der Waals surface area contributed by atoms with Crippen LogP contribution >= 0.6 is 0 Å². The number of benzene rings is 1. The predicted octanol–water partition coefficient (Wildman–Crippen LogP) is 1.64. The summed E-state index contributed by atoms with van der Waals surface area (Å²) in [4.78, 5) is 0. The van der Waals surface area contributed by atoms with Crippen molar-refractivity contribution in [2.45, 2.75) is 19.8 Å². The Morgan fingerprint density at radius 1 is 1.32 bits per heavy atom. The SMILES string of the molecule is CCS(=O)(=O)CCC(CN)Cc1ccccc1OC. The third-order valence-corrected chi connectivity index (χ3v) is 5.05. The molecule has 0 spiro atoms. The molecular weight excluding hydrogens is 262 g/mol. The Morgan fingerprint density at radius 2 is 2.00 bits per heavy atom. The van der Waals surface area contributed by atoms with Crippen LogP contribution in [0.1, 0.15) is 18.9 Å². The molecule has 0 amide bonds. The van der Waals surface area contributed by atoms with Gasteiger partial charge in [-0.3, -0.25) is 0 Å². The summed E-state index contributed by atoms with van der Waals surface area (Å²) in [5.41, 5.74) is 6.83. The van der Waals surface area contributed by atoms with Gasteiger partial charge in [-0.15, -0.1) is 0 Å². The molecule has 0 heterocycles. The van der Waals surface area contributed by atoms with E-state index in [1.54, 1.807) is 14.0 Å². The van der Waals surface area contributed by atoms with Gasteiger partial charge in [0.15, 0.2) is 0 Å². The number of nitrogens with two attached hydrogens (primary N) is 1. The van der Waals surface area contributed by atoms with Gasteiger partial charge in [0.25, 0.3) is 0 Å². The normalized spacial score (nSPS) is 13.2. The van der Waals surface area contributed by atoms with Gasteiger partial charge in [-0.2, -0.15) is 0 Å². The van der Waals surface area contributed by atoms with Gasteiger partial charge in [-0.05, 0) is 36.9 Å². The van der Waals surface area contributed by atoms with E-state index in [2.05, 4.69) is 0 Å². The molecule has 108 valence electrons. The number of hydrogen-bond acceptors (Lipinski definition) is 4. The first-order chi connectivity index (χ1) is 9.02. The molecule has 1 aromatic rings. The number of methoxy groups -OCH3 is 1. The maximum atomic E-state index is 11.5. The minimum absolute atomic E-state index is 0.164. The van der Waals surface area contributed by atoms with Crippen molar-refractivity contribution < 1.29 is 13.2 Å². The van der Waals surface area contributed by atoms with Gasteiger partial charge in [0, 0.05) is 5.75 Å². The van der Waals surface area contributed by atoms with E-state index in [0.29, 0.717) is 13.0 Å². The van der Waals surface area contributed by atoms with Gasteiger partial charge in [0.1, 0.15) is 15.6 Å². The molecule has 19 heavy (non-hydrogen) atoms. The van der Waals surface area contributed by atoms with Crippen LogP contribution in [-0.4, -0.2) is 33.6 Å². The lowest BCUT2D eigenvalue weighted by Gasteiger charge is -2.16. The zero-order valence-corrected chi connectivity index (χ0v) is 12.4. The van der Waals surface area contributed by atoms with Crippen LogP contribution < -0.4 is 10.5 Å². The second-order valence-corrected chi connectivity index (χ2v) is 7.12. The van der Waals surface area contributed by atoms with Crippen molar-refractivity contribution >= 4 is 9.84 Å². The second-order valence-electron chi connectivity index (χ2n) is 4.64. The summed E-state index contributed by atoms with van der Waals surface area (Å²) in [5.74, 6) is 1.40. The molecule has 0 radical (unpaired) electrons. The van der Waals surface area contributed by atoms with E-state index in [9.17, 15) is 8.42 Å². The van der Waals surface area contributed by atoms with E-state index in [1.165, 1.54) is 0 Å². The standard InChI is InChI=1S/C14H23NO3S/c1-3-19(16,17)9-8-12(11-15)10-13-6-4-5-7-14(13)18-2/h4-7,12H,3,8-11,15H2,1-2H3. The van der Waals surface area contributed by atoms with Gasteiger partial charge < -0.3 is 10.5 Å². The van der Waals surface area contributed by atoms with Crippen LogP contribution in [0.2, 0.25) is 0 Å². The van der Waals surface area contributed by atoms with Crippen molar-refractivity contribution in [3.63, 3.8) is 0 Å². The Kier molecular flexibility index (Phi) is 6.31. The van der Waals surface area contributed by atoms with E-state index in [4.69, 9.17) is 10.5 Å². The van der Waals surface area contributed by atoms with Crippen LogP contribution in [0.5, 0.6) is 5.75 Å². The molecule has 1 rings (SSSR count). The van der Waals surface area contributed by atoms with E-state index in [0.717, 1.165) is 17.7 Å². The number of sulfone groups is 1. The van der Waals surface area contributed by atoms with Crippen LogP contribution in [0.25, 0.3) is 0 Å². The van der Waals surface area contributed by atoms with E-state index in [1.807, 2.05) is 24.3 Å². The minimum Gasteiger partial charge on any atom is -0.496 e. The Balaban J connectivity index is 2.66. The van der Waals surface area contributed by atoms with E-state index in [-0.39, 0.29) is 17.4 Å². The van der Waals surface area contributed by atoms with Gasteiger partial charge in [0.05, 0.1) is 12.9 Å². The second kappa shape index (κ2) is 7.50. The predicted molar refractivity (Wildman–Crippen MR) is 78.2 cm³/mol. The molecule has 0 saturated carbocycles. The highest BCUT2D eigenvalue weighted by Gasteiger charge is 2.15. The van der Waals surface area contributed by atoms with E-state index < -0.39 is 9.84 Å². The molecule has 0 aliphatic heterocycles. The third kappa shape index (κ3) is 5.20. The van der Waals surface area contributed by atoms with Gasteiger partial charge in [0.2, 0.25) is 0 Å². The fourth-order valence-electron chi connectivity index (χ4n) is 1.98. The highest BCUT2D eigenvalue weighted by molar-refractivity contribution is 7.91. The Morgan fingerprint density at radius 3 is 2.58 bits per heavy atom.